The van der Waals surface area contributed by atoms with Crippen molar-refractivity contribution >= 4 is 27.8 Å². The van der Waals surface area contributed by atoms with Crippen LogP contribution in [0.3, 0.4) is 0 Å². The number of hydrogen-bond acceptors (Lipinski definition) is 5. The van der Waals surface area contributed by atoms with Crippen molar-refractivity contribution in [1.82, 2.24) is 24.0 Å². The minimum Gasteiger partial charge on any atom is -0.495 e. The fourth-order valence-electron chi connectivity index (χ4n) is 7.59. The van der Waals surface area contributed by atoms with E-state index in [1.165, 1.54) is 30.2 Å². The Labute approximate surface area is 251 Å². The molecular formula is C35H37N5O3. The smallest absolute Gasteiger partial charge is 0.254 e. The van der Waals surface area contributed by atoms with Crippen LogP contribution in [0.4, 0.5) is 0 Å². The average molecular weight is 576 g/mol. The molecular weight excluding hydrogens is 538 g/mol. The van der Waals surface area contributed by atoms with Gasteiger partial charge in [-0.2, -0.15) is 0 Å². The number of piperidine rings is 1. The summed E-state index contributed by atoms with van der Waals surface area (Å²) < 4.78 is 15.9. The minimum absolute atomic E-state index is 0.0915. The van der Waals surface area contributed by atoms with Gasteiger partial charge >= 0.3 is 0 Å². The number of benzene rings is 2. The Morgan fingerprint density at radius 2 is 1.84 bits per heavy atom. The zero-order chi connectivity index (χ0) is 29.4. The fourth-order valence-corrected chi connectivity index (χ4v) is 7.59. The molecule has 3 fully saturated rings. The highest BCUT2D eigenvalue weighted by molar-refractivity contribution is 6.00. The number of imidazole rings is 1. The zero-order valence-corrected chi connectivity index (χ0v) is 25.2. The molecule has 4 heterocycles. The lowest BCUT2D eigenvalue weighted by molar-refractivity contribution is 0.0696. The molecule has 5 aromatic rings. The normalized spacial score (nSPS) is 21.3. The predicted octanol–water partition coefficient (Wildman–Crippen LogP) is 6.55. The maximum Gasteiger partial charge on any atom is 0.254 e. The Morgan fingerprint density at radius 1 is 0.977 bits per heavy atom. The number of carbonyl (C=O) groups excluding carboxylic acids is 1. The number of amides is 1. The van der Waals surface area contributed by atoms with Gasteiger partial charge in [0, 0.05) is 54.4 Å². The molecule has 8 heteroatoms. The van der Waals surface area contributed by atoms with Gasteiger partial charge < -0.3 is 23.5 Å². The Morgan fingerprint density at radius 3 is 2.56 bits per heavy atom. The van der Waals surface area contributed by atoms with Gasteiger partial charge in [-0.05, 0) is 79.3 Å². The molecule has 3 aromatic heterocycles. The molecule has 0 radical (unpaired) electrons. The molecule has 2 aromatic carbocycles. The molecule has 2 aliphatic carbocycles. The molecule has 0 spiro atoms. The van der Waals surface area contributed by atoms with Crippen LogP contribution in [0.25, 0.3) is 44.6 Å². The number of hydrogen-bond donors (Lipinski definition) is 0. The number of carbonyl (C=O) groups is 1. The topological polar surface area (TPSA) is 74.4 Å². The second kappa shape index (κ2) is 9.86. The van der Waals surface area contributed by atoms with E-state index in [2.05, 4.69) is 50.2 Å². The number of methoxy groups -OCH3 is 2. The number of ether oxygens (including phenoxy) is 2. The van der Waals surface area contributed by atoms with E-state index in [9.17, 15) is 4.79 Å². The summed E-state index contributed by atoms with van der Waals surface area (Å²) >= 11 is 0. The number of rotatable bonds is 7. The molecule has 1 saturated heterocycles. The lowest BCUT2D eigenvalue weighted by Crippen LogP contribution is -2.38. The van der Waals surface area contributed by atoms with Crippen LogP contribution >= 0.6 is 0 Å². The van der Waals surface area contributed by atoms with Crippen molar-refractivity contribution in [2.45, 2.75) is 45.2 Å². The molecule has 1 amide bonds. The van der Waals surface area contributed by atoms with E-state index < -0.39 is 0 Å². The van der Waals surface area contributed by atoms with E-state index in [0.717, 1.165) is 58.9 Å². The Balaban J connectivity index is 1.24. The SMILES string of the molecule is COc1cncc(-c2ccc3cc(-c4nc5cc(C(=O)N6CC7CCC6[C@@H]7C)cc(OC)c5n4C)n(CC4CC4)c3c2)c1. The Bertz CT molecular complexity index is 1900. The van der Waals surface area contributed by atoms with Gasteiger partial charge in [-0.25, -0.2) is 4.98 Å². The highest BCUT2D eigenvalue weighted by Gasteiger charge is 2.46. The molecule has 3 aliphatic rings. The molecule has 8 nitrogen and oxygen atoms in total. The van der Waals surface area contributed by atoms with E-state index in [1.807, 2.05) is 31.4 Å². The molecule has 2 bridgehead atoms. The number of aryl methyl sites for hydroxylation is 1. The summed E-state index contributed by atoms with van der Waals surface area (Å²) in [7, 11) is 5.38. The fraction of sp³-hybridized carbons (Fsp3) is 0.400. The van der Waals surface area contributed by atoms with E-state index in [1.54, 1.807) is 20.4 Å². The predicted molar refractivity (Wildman–Crippen MR) is 167 cm³/mol. The van der Waals surface area contributed by atoms with Crippen molar-refractivity contribution < 1.29 is 14.3 Å². The first-order chi connectivity index (χ1) is 20.9. The molecule has 220 valence electrons. The summed E-state index contributed by atoms with van der Waals surface area (Å²) in [6.45, 7) is 4.09. The van der Waals surface area contributed by atoms with Crippen LogP contribution in [0.15, 0.2) is 54.9 Å². The monoisotopic (exact) mass is 575 g/mol. The maximum atomic E-state index is 13.8. The van der Waals surface area contributed by atoms with E-state index in [4.69, 9.17) is 14.5 Å². The second-order valence-electron chi connectivity index (χ2n) is 12.7. The van der Waals surface area contributed by atoms with Gasteiger partial charge in [0.1, 0.15) is 17.0 Å². The lowest BCUT2D eigenvalue weighted by atomic mass is 10.0. The third-order valence-corrected chi connectivity index (χ3v) is 10.2. The summed E-state index contributed by atoms with van der Waals surface area (Å²) in [4.78, 5) is 25.4. The van der Waals surface area contributed by atoms with Crippen LogP contribution in [0.1, 0.15) is 43.0 Å². The largest absolute Gasteiger partial charge is 0.495 e. The van der Waals surface area contributed by atoms with Crippen LogP contribution in [0, 0.1) is 17.8 Å². The van der Waals surface area contributed by atoms with Gasteiger partial charge in [-0.3, -0.25) is 9.78 Å². The van der Waals surface area contributed by atoms with Crippen molar-refractivity contribution in [3.63, 3.8) is 0 Å². The third-order valence-electron chi connectivity index (χ3n) is 10.2. The first-order valence-electron chi connectivity index (χ1n) is 15.4. The molecule has 2 saturated carbocycles. The van der Waals surface area contributed by atoms with Crippen LogP contribution in [-0.4, -0.2) is 56.7 Å². The molecule has 3 atom stereocenters. The summed E-state index contributed by atoms with van der Waals surface area (Å²) in [5.74, 6) is 4.24. The van der Waals surface area contributed by atoms with Crippen LogP contribution in [-0.2, 0) is 13.6 Å². The molecule has 8 rings (SSSR count). The van der Waals surface area contributed by atoms with Gasteiger partial charge in [0.25, 0.3) is 5.91 Å². The number of fused-ring (bicyclic) bond motifs is 4. The zero-order valence-electron chi connectivity index (χ0n) is 25.2. The maximum absolute atomic E-state index is 13.8. The second-order valence-corrected chi connectivity index (χ2v) is 12.7. The first-order valence-corrected chi connectivity index (χ1v) is 15.4. The van der Waals surface area contributed by atoms with Gasteiger partial charge in [-0.1, -0.05) is 19.1 Å². The van der Waals surface area contributed by atoms with Crippen molar-refractivity contribution in [3.05, 3.63) is 60.4 Å². The molecule has 1 aliphatic heterocycles. The van der Waals surface area contributed by atoms with Crippen LogP contribution < -0.4 is 9.47 Å². The standard InChI is InChI=1S/C35H37N5O3/c1-20-24-9-10-29(20)40(19-24)35(41)25-12-28-33(32(15-25)43-4)38(2)34(37-28)31-14-23-8-7-22(26-11-27(42-3)17-36-16-26)13-30(23)39(31)18-21-5-6-21/h7-8,11-17,20-21,24,29H,5-6,9-10,18-19H2,1-4H3/t20-,24?,29?/m1/s1. The van der Waals surface area contributed by atoms with E-state index >= 15 is 0 Å². The summed E-state index contributed by atoms with van der Waals surface area (Å²) in [6, 6.07) is 15.1. The average Bonchev–Trinajstić information content (AvgIpc) is 3.44. The van der Waals surface area contributed by atoms with Gasteiger partial charge in [0.05, 0.1) is 31.6 Å². The number of likely N-dealkylation sites (tertiary alicyclic amines) is 1. The van der Waals surface area contributed by atoms with Gasteiger partial charge in [-0.15, -0.1) is 0 Å². The van der Waals surface area contributed by atoms with Gasteiger partial charge in [0.2, 0.25) is 0 Å². The van der Waals surface area contributed by atoms with Crippen LogP contribution in [0.5, 0.6) is 11.5 Å². The molecule has 2 unspecified atom stereocenters. The van der Waals surface area contributed by atoms with Gasteiger partial charge in [0.15, 0.2) is 5.82 Å². The summed E-state index contributed by atoms with van der Waals surface area (Å²) in [5, 5.41) is 1.17. The highest BCUT2D eigenvalue weighted by atomic mass is 16.5. The first kappa shape index (κ1) is 26.3. The Hall–Kier alpha value is -4.33. The lowest BCUT2D eigenvalue weighted by Gasteiger charge is -2.27. The minimum atomic E-state index is 0.0915. The summed E-state index contributed by atoms with van der Waals surface area (Å²) in [6.07, 6.45) is 8.43. The van der Waals surface area contributed by atoms with E-state index in [0.29, 0.717) is 35.1 Å². The number of pyridine rings is 1. The molecule has 43 heavy (non-hydrogen) atoms. The van der Waals surface area contributed by atoms with Crippen molar-refractivity contribution in [2.24, 2.45) is 24.8 Å². The highest BCUT2D eigenvalue weighted by Crippen LogP contribution is 2.44. The van der Waals surface area contributed by atoms with Crippen molar-refractivity contribution in [1.29, 1.82) is 0 Å². The summed E-state index contributed by atoms with van der Waals surface area (Å²) in [5.41, 5.74) is 6.70. The number of aromatic nitrogens is 4. The third kappa shape index (κ3) is 4.21. The molecule has 0 N–H and O–H groups in total. The van der Waals surface area contributed by atoms with Crippen molar-refractivity contribution in [3.8, 4) is 34.1 Å². The van der Waals surface area contributed by atoms with E-state index in [-0.39, 0.29) is 5.91 Å². The Kier molecular flexibility index (Phi) is 6.03. The van der Waals surface area contributed by atoms with Crippen molar-refractivity contribution in [2.75, 3.05) is 20.8 Å². The van der Waals surface area contributed by atoms with Crippen LogP contribution in [0.2, 0.25) is 0 Å². The number of nitrogens with zero attached hydrogens (tertiary/aromatic N) is 5. The quantitative estimate of drug-likeness (QED) is 0.220.